The van der Waals surface area contributed by atoms with Crippen LogP contribution in [0.2, 0.25) is 0 Å². The number of hydrogen-bond acceptors (Lipinski definition) is 3. The summed E-state index contributed by atoms with van der Waals surface area (Å²) in [4.78, 5) is 2.54. The number of hydrogen-bond donors (Lipinski definition) is 1. The lowest BCUT2D eigenvalue weighted by molar-refractivity contribution is 0.0366. The summed E-state index contributed by atoms with van der Waals surface area (Å²) in [5.74, 6) is 0.948. The van der Waals surface area contributed by atoms with Gasteiger partial charge in [0.15, 0.2) is 0 Å². The average molecular weight is 280 g/mol. The van der Waals surface area contributed by atoms with Gasteiger partial charge < -0.3 is 10.1 Å². The first kappa shape index (κ1) is 14.8. The summed E-state index contributed by atoms with van der Waals surface area (Å²) >= 11 is 0. The van der Waals surface area contributed by atoms with Gasteiger partial charge in [0.05, 0.1) is 13.2 Å². The van der Waals surface area contributed by atoms with Crippen molar-refractivity contribution in [2.75, 3.05) is 39.4 Å². The topological polar surface area (TPSA) is 24.5 Å². The first-order chi connectivity index (χ1) is 9.52. The largest absolute Gasteiger partial charge is 0.379 e. The van der Waals surface area contributed by atoms with Crippen LogP contribution in [0.15, 0.2) is 0 Å². The van der Waals surface area contributed by atoms with Gasteiger partial charge in [-0.1, -0.05) is 20.8 Å². The molecule has 3 atom stereocenters. The number of fused-ring (bicyclic) bond motifs is 2. The number of ether oxygens (including phenoxy) is 1. The summed E-state index contributed by atoms with van der Waals surface area (Å²) in [6.45, 7) is 14.0. The number of morpholine rings is 1. The Morgan fingerprint density at radius 2 is 1.95 bits per heavy atom. The fourth-order valence-corrected chi connectivity index (χ4v) is 5.19. The second-order valence-electron chi connectivity index (χ2n) is 8.11. The molecule has 0 amide bonds. The van der Waals surface area contributed by atoms with E-state index >= 15 is 0 Å². The molecule has 20 heavy (non-hydrogen) atoms. The Hall–Kier alpha value is -0.120. The van der Waals surface area contributed by atoms with Crippen molar-refractivity contribution in [1.29, 1.82) is 0 Å². The molecular weight excluding hydrogens is 248 g/mol. The molecule has 3 rings (SSSR count). The molecule has 0 spiro atoms. The smallest absolute Gasteiger partial charge is 0.0594 e. The molecule has 0 aromatic carbocycles. The summed E-state index contributed by atoms with van der Waals surface area (Å²) in [6, 6.07) is 0.721. The van der Waals surface area contributed by atoms with Crippen LogP contribution < -0.4 is 5.32 Å². The Morgan fingerprint density at radius 1 is 1.20 bits per heavy atom. The minimum absolute atomic E-state index is 0.492. The Labute approximate surface area is 124 Å². The van der Waals surface area contributed by atoms with Crippen molar-refractivity contribution in [2.45, 2.75) is 52.5 Å². The van der Waals surface area contributed by atoms with Crippen molar-refractivity contribution in [3.05, 3.63) is 0 Å². The van der Waals surface area contributed by atoms with Crippen LogP contribution >= 0.6 is 0 Å². The van der Waals surface area contributed by atoms with Gasteiger partial charge in [-0.25, -0.2) is 0 Å². The second-order valence-corrected chi connectivity index (χ2v) is 8.11. The maximum Gasteiger partial charge on any atom is 0.0594 e. The molecule has 0 radical (unpaired) electrons. The maximum absolute atomic E-state index is 5.40. The van der Waals surface area contributed by atoms with Crippen LogP contribution in [0.25, 0.3) is 0 Å². The Bertz CT molecular complexity index is 333. The van der Waals surface area contributed by atoms with E-state index in [4.69, 9.17) is 4.74 Å². The summed E-state index contributed by atoms with van der Waals surface area (Å²) in [6.07, 6.45) is 5.60. The molecule has 3 aliphatic rings. The molecule has 0 aromatic rings. The van der Waals surface area contributed by atoms with Gasteiger partial charge in [0.2, 0.25) is 0 Å². The van der Waals surface area contributed by atoms with Crippen molar-refractivity contribution < 1.29 is 4.74 Å². The molecule has 3 heteroatoms. The monoisotopic (exact) mass is 280 g/mol. The molecule has 116 valence electrons. The van der Waals surface area contributed by atoms with E-state index in [0.717, 1.165) is 38.3 Å². The third-order valence-corrected chi connectivity index (χ3v) is 6.37. The van der Waals surface area contributed by atoms with Crippen molar-refractivity contribution in [1.82, 2.24) is 10.2 Å². The maximum atomic E-state index is 5.40. The third-order valence-electron chi connectivity index (χ3n) is 6.37. The van der Waals surface area contributed by atoms with Crippen LogP contribution in [0.5, 0.6) is 0 Å². The van der Waals surface area contributed by atoms with Gasteiger partial charge in [0.1, 0.15) is 0 Å². The highest BCUT2D eigenvalue weighted by Gasteiger charge is 2.58. The molecule has 1 unspecified atom stereocenters. The van der Waals surface area contributed by atoms with E-state index < -0.39 is 0 Å². The molecule has 2 saturated carbocycles. The lowest BCUT2D eigenvalue weighted by Gasteiger charge is -2.43. The molecule has 2 bridgehead atoms. The lowest BCUT2D eigenvalue weighted by Crippen LogP contribution is -2.50. The fourth-order valence-electron chi connectivity index (χ4n) is 5.19. The fraction of sp³-hybridized carbons (Fsp3) is 1.00. The number of nitrogens with one attached hydrogen (secondary N) is 1. The molecule has 1 heterocycles. The molecular formula is C17H32N2O. The zero-order chi connectivity index (χ0) is 14.2. The van der Waals surface area contributed by atoms with E-state index in [1.54, 1.807) is 0 Å². The van der Waals surface area contributed by atoms with Crippen LogP contribution in [0.4, 0.5) is 0 Å². The predicted molar refractivity (Wildman–Crippen MR) is 82.9 cm³/mol. The summed E-state index contributed by atoms with van der Waals surface area (Å²) in [5.41, 5.74) is 1.05. The zero-order valence-electron chi connectivity index (χ0n) is 13.6. The number of nitrogens with zero attached hydrogens (tertiary/aromatic N) is 1. The highest BCUT2D eigenvalue weighted by atomic mass is 16.5. The van der Waals surface area contributed by atoms with Crippen LogP contribution in [-0.2, 0) is 4.74 Å². The molecule has 0 aromatic heterocycles. The molecule has 1 N–H and O–H groups in total. The SMILES string of the molecule is CC1(C)C(NCCCN2CCOCC2)[C@]2(C)CC[C@H]1C2. The average Bonchev–Trinajstić information content (AvgIpc) is 2.90. The van der Waals surface area contributed by atoms with Crippen molar-refractivity contribution in [3.63, 3.8) is 0 Å². The lowest BCUT2D eigenvalue weighted by atomic mass is 9.68. The van der Waals surface area contributed by atoms with E-state index in [0.29, 0.717) is 10.8 Å². The Kier molecular flexibility index (Phi) is 4.13. The molecule has 2 aliphatic carbocycles. The van der Waals surface area contributed by atoms with Gasteiger partial charge in [0, 0.05) is 19.1 Å². The Morgan fingerprint density at radius 3 is 2.60 bits per heavy atom. The third kappa shape index (κ3) is 2.65. The first-order valence-electron chi connectivity index (χ1n) is 8.56. The highest BCUT2D eigenvalue weighted by Crippen LogP contribution is 2.62. The summed E-state index contributed by atoms with van der Waals surface area (Å²) < 4.78 is 5.40. The molecule has 1 aliphatic heterocycles. The van der Waals surface area contributed by atoms with E-state index in [1.807, 2.05) is 0 Å². The van der Waals surface area contributed by atoms with E-state index in [-0.39, 0.29) is 0 Å². The van der Waals surface area contributed by atoms with E-state index in [9.17, 15) is 0 Å². The summed E-state index contributed by atoms with van der Waals surface area (Å²) in [5, 5.41) is 3.93. The molecule has 3 fully saturated rings. The van der Waals surface area contributed by atoms with Crippen LogP contribution in [0.1, 0.15) is 46.5 Å². The van der Waals surface area contributed by atoms with Crippen LogP contribution in [0.3, 0.4) is 0 Å². The van der Waals surface area contributed by atoms with Crippen molar-refractivity contribution in [2.24, 2.45) is 16.7 Å². The van der Waals surface area contributed by atoms with E-state index in [2.05, 4.69) is 31.0 Å². The van der Waals surface area contributed by atoms with Gasteiger partial charge in [-0.2, -0.15) is 0 Å². The van der Waals surface area contributed by atoms with Crippen molar-refractivity contribution >= 4 is 0 Å². The normalized spacial score (nSPS) is 40.4. The second kappa shape index (κ2) is 5.58. The quantitative estimate of drug-likeness (QED) is 0.783. The van der Waals surface area contributed by atoms with Crippen molar-refractivity contribution in [3.8, 4) is 0 Å². The summed E-state index contributed by atoms with van der Waals surface area (Å²) in [7, 11) is 0. The van der Waals surface area contributed by atoms with Gasteiger partial charge in [0.25, 0.3) is 0 Å². The zero-order valence-corrected chi connectivity index (χ0v) is 13.6. The minimum Gasteiger partial charge on any atom is -0.379 e. The van der Waals surface area contributed by atoms with Gasteiger partial charge in [-0.15, -0.1) is 0 Å². The molecule has 3 nitrogen and oxygen atoms in total. The van der Waals surface area contributed by atoms with Gasteiger partial charge in [-0.3, -0.25) is 4.90 Å². The van der Waals surface area contributed by atoms with E-state index in [1.165, 1.54) is 38.8 Å². The number of rotatable bonds is 5. The predicted octanol–water partition coefficient (Wildman–Crippen LogP) is 2.51. The van der Waals surface area contributed by atoms with Gasteiger partial charge in [-0.05, 0) is 55.5 Å². The first-order valence-corrected chi connectivity index (χ1v) is 8.56. The van der Waals surface area contributed by atoms with Crippen LogP contribution in [0, 0.1) is 16.7 Å². The molecule has 1 saturated heterocycles. The standard InChI is InChI=1S/C17H32N2O/c1-16(2)14-5-6-17(3,13-14)15(16)18-7-4-8-19-9-11-20-12-10-19/h14-15,18H,4-13H2,1-3H3/t14-,15?,17+/m0/s1. The van der Waals surface area contributed by atoms with Gasteiger partial charge >= 0.3 is 0 Å². The minimum atomic E-state index is 0.492. The Balaban J connectivity index is 1.44. The van der Waals surface area contributed by atoms with Crippen LogP contribution in [-0.4, -0.2) is 50.3 Å². The highest BCUT2D eigenvalue weighted by molar-refractivity contribution is 5.11.